The van der Waals surface area contributed by atoms with Gasteiger partial charge in [0.05, 0.1) is 6.61 Å². The summed E-state index contributed by atoms with van der Waals surface area (Å²) in [5, 5.41) is 9.68. The van der Waals surface area contributed by atoms with Crippen molar-refractivity contribution >= 4 is 5.97 Å². The summed E-state index contributed by atoms with van der Waals surface area (Å²) in [7, 11) is 0. The third kappa shape index (κ3) is 3.52. The lowest BCUT2D eigenvalue weighted by molar-refractivity contribution is -0.183. The number of likely N-dealkylation sites (tertiary alicyclic amines) is 1. The van der Waals surface area contributed by atoms with Gasteiger partial charge in [-0.3, -0.25) is 4.90 Å². The van der Waals surface area contributed by atoms with Crippen LogP contribution in [0, 0.1) is 24.6 Å². The summed E-state index contributed by atoms with van der Waals surface area (Å²) in [4.78, 5) is 14.3. The summed E-state index contributed by atoms with van der Waals surface area (Å²) in [5.41, 5.74) is 1.03. The van der Waals surface area contributed by atoms with Crippen molar-refractivity contribution in [3.8, 4) is 0 Å². The van der Waals surface area contributed by atoms with E-state index in [1.165, 1.54) is 5.56 Å². The molecule has 3 aliphatic rings. The number of benzene rings is 1. The Kier molecular flexibility index (Phi) is 5.02. The maximum atomic E-state index is 13.6. The van der Waals surface area contributed by atoms with Crippen LogP contribution in [0.25, 0.3) is 0 Å². The highest BCUT2D eigenvalue weighted by Crippen LogP contribution is 2.47. The molecule has 2 heterocycles. The molecule has 4 nitrogen and oxygen atoms in total. The molecule has 5 heteroatoms. The lowest BCUT2D eigenvalue weighted by Crippen LogP contribution is -2.55. The molecule has 2 aliphatic heterocycles. The standard InChI is InChI=1S/C22H30FNO3/c1-14-11-16(3-6-20(14)23)19-8-10-24(12-15(19)2)18-7-9-22(21(25)26,27-13-18)17-4-5-17/h3,6,11,15,17-19H,4-5,7-10,12-13H2,1-2H3,(H,25,26)/t15-,18+,19-,22-/m0/s1. The molecule has 0 spiro atoms. The van der Waals surface area contributed by atoms with Crippen molar-refractivity contribution in [2.45, 2.75) is 63.5 Å². The molecule has 0 amide bonds. The zero-order chi connectivity index (χ0) is 19.2. The van der Waals surface area contributed by atoms with Crippen LogP contribution >= 0.6 is 0 Å². The van der Waals surface area contributed by atoms with Gasteiger partial charge in [0.2, 0.25) is 0 Å². The summed E-state index contributed by atoms with van der Waals surface area (Å²) in [5.74, 6) is 0.234. The number of ether oxygens (including phenoxy) is 1. The van der Waals surface area contributed by atoms with Gasteiger partial charge in [0, 0.05) is 12.6 Å². The molecule has 1 saturated carbocycles. The second kappa shape index (κ2) is 7.17. The SMILES string of the molecule is Cc1cc([C@H]2CCN([C@@H]3CC[C@@](C(=O)O)(C4CC4)OC3)C[C@@H]2C)ccc1F. The lowest BCUT2D eigenvalue weighted by atomic mass is 9.80. The molecule has 1 aromatic rings. The quantitative estimate of drug-likeness (QED) is 0.865. The molecule has 1 N–H and O–H groups in total. The molecule has 3 fully saturated rings. The predicted molar refractivity (Wildman–Crippen MR) is 101 cm³/mol. The Balaban J connectivity index is 1.37. The molecule has 4 rings (SSSR count). The molecule has 2 saturated heterocycles. The van der Waals surface area contributed by atoms with E-state index in [9.17, 15) is 14.3 Å². The number of hydrogen-bond donors (Lipinski definition) is 1. The highest BCUT2D eigenvalue weighted by Gasteiger charge is 2.54. The number of hydrogen-bond acceptors (Lipinski definition) is 3. The normalized spacial score (nSPS) is 35.1. The van der Waals surface area contributed by atoms with E-state index in [4.69, 9.17) is 4.74 Å². The van der Waals surface area contributed by atoms with Gasteiger partial charge < -0.3 is 9.84 Å². The number of nitrogens with zero attached hydrogens (tertiary/aromatic N) is 1. The molecule has 0 unspecified atom stereocenters. The highest BCUT2D eigenvalue weighted by atomic mass is 19.1. The van der Waals surface area contributed by atoms with E-state index in [1.807, 2.05) is 19.1 Å². The largest absolute Gasteiger partial charge is 0.479 e. The van der Waals surface area contributed by atoms with Crippen molar-refractivity contribution in [1.82, 2.24) is 4.90 Å². The molecule has 1 aliphatic carbocycles. The lowest BCUT2D eigenvalue weighted by Gasteiger charge is -2.45. The van der Waals surface area contributed by atoms with Crippen LogP contribution in [0.3, 0.4) is 0 Å². The van der Waals surface area contributed by atoms with Gasteiger partial charge in [-0.2, -0.15) is 0 Å². The number of aliphatic carboxylic acids is 1. The second-order valence-electron chi connectivity index (χ2n) is 8.85. The van der Waals surface area contributed by atoms with Gasteiger partial charge in [0.15, 0.2) is 5.60 Å². The van der Waals surface area contributed by atoms with Gasteiger partial charge in [0.1, 0.15) is 5.82 Å². The van der Waals surface area contributed by atoms with Gasteiger partial charge in [-0.25, -0.2) is 9.18 Å². The Bertz CT molecular complexity index is 710. The van der Waals surface area contributed by atoms with Crippen LogP contribution in [0.2, 0.25) is 0 Å². The summed E-state index contributed by atoms with van der Waals surface area (Å²) in [6.07, 6.45) is 4.54. The smallest absolute Gasteiger partial charge is 0.336 e. The van der Waals surface area contributed by atoms with E-state index < -0.39 is 11.6 Å². The number of rotatable bonds is 4. The van der Waals surface area contributed by atoms with E-state index >= 15 is 0 Å². The highest BCUT2D eigenvalue weighted by molar-refractivity contribution is 5.78. The van der Waals surface area contributed by atoms with Crippen molar-refractivity contribution in [3.05, 3.63) is 35.1 Å². The van der Waals surface area contributed by atoms with Crippen molar-refractivity contribution in [3.63, 3.8) is 0 Å². The van der Waals surface area contributed by atoms with E-state index in [0.29, 0.717) is 36.5 Å². The Morgan fingerprint density at radius 3 is 2.63 bits per heavy atom. The Morgan fingerprint density at radius 1 is 1.30 bits per heavy atom. The van der Waals surface area contributed by atoms with Gasteiger partial charge >= 0.3 is 5.97 Å². The van der Waals surface area contributed by atoms with Crippen molar-refractivity contribution in [1.29, 1.82) is 0 Å². The van der Waals surface area contributed by atoms with Crippen LogP contribution in [0.1, 0.15) is 56.1 Å². The van der Waals surface area contributed by atoms with Crippen molar-refractivity contribution in [2.24, 2.45) is 11.8 Å². The number of carboxylic acid groups (broad SMARTS) is 1. The van der Waals surface area contributed by atoms with E-state index in [-0.39, 0.29) is 11.7 Å². The van der Waals surface area contributed by atoms with Crippen molar-refractivity contribution < 1.29 is 19.0 Å². The van der Waals surface area contributed by atoms with Crippen LogP contribution < -0.4 is 0 Å². The summed E-state index contributed by atoms with van der Waals surface area (Å²) >= 11 is 0. The first kappa shape index (κ1) is 18.9. The maximum absolute atomic E-state index is 13.6. The fourth-order valence-corrected chi connectivity index (χ4v) is 5.19. The topological polar surface area (TPSA) is 49.8 Å². The fraction of sp³-hybridized carbons (Fsp3) is 0.682. The zero-order valence-corrected chi connectivity index (χ0v) is 16.3. The minimum absolute atomic E-state index is 0.138. The zero-order valence-electron chi connectivity index (χ0n) is 16.3. The third-order valence-corrected chi connectivity index (χ3v) is 7.04. The number of halogens is 1. The van der Waals surface area contributed by atoms with Gasteiger partial charge in [-0.15, -0.1) is 0 Å². The number of carboxylic acids is 1. The average molecular weight is 375 g/mol. The van der Waals surface area contributed by atoms with Crippen LogP contribution in [0.5, 0.6) is 0 Å². The second-order valence-corrected chi connectivity index (χ2v) is 8.85. The first-order chi connectivity index (χ1) is 12.9. The van der Waals surface area contributed by atoms with Crippen LogP contribution in [-0.4, -0.2) is 47.3 Å². The Labute approximate surface area is 160 Å². The monoisotopic (exact) mass is 375 g/mol. The summed E-state index contributed by atoms with van der Waals surface area (Å²) in [6, 6.07) is 5.82. The van der Waals surface area contributed by atoms with Gasteiger partial charge in [0.25, 0.3) is 0 Å². The minimum atomic E-state index is -0.925. The van der Waals surface area contributed by atoms with Crippen LogP contribution in [-0.2, 0) is 9.53 Å². The molecular weight excluding hydrogens is 345 g/mol. The van der Waals surface area contributed by atoms with E-state index in [0.717, 1.165) is 38.8 Å². The summed E-state index contributed by atoms with van der Waals surface area (Å²) < 4.78 is 19.6. The number of piperidine rings is 1. The first-order valence-electron chi connectivity index (χ1n) is 10.3. The molecule has 148 valence electrons. The van der Waals surface area contributed by atoms with Crippen molar-refractivity contribution in [2.75, 3.05) is 19.7 Å². The van der Waals surface area contributed by atoms with E-state index in [1.54, 1.807) is 6.07 Å². The molecule has 4 atom stereocenters. The molecular formula is C22H30FNO3. The van der Waals surface area contributed by atoms with Gasteiger partial charge in [-0.1, -0.05) is 19.1 Å². The first-order valence-corrected chi connectivity index (χ1v) is 10.3. The molecule has 0 aromatic heterocycles. The molecule has 0 bridgehead atoms. The fourth-order valence-electron chi connectivity index (χ4n) is 5.19. The Morgan fingerprint density at radius 2 is 2.07 bits per heavy atom. The van der Waals surface area contributed by atoms with E-state index in [2.05, 4.69) is 11.8 Å². The minimum Gasteiger partial charge on any atom is -0.479 e. The number of carbonyl (C=O) groups is 1. The molecule has 1 aromatic carbocycles. The molecule has 0 radical (unpaired) electrons. The van der Waals surface area contributed by atoms with Crippen LogP contribution in [0.15, 0.2) is 18.2 Å². The summed E-state index contributed by atoms with van der Waals surface area (Å²) in [6.45, 7) is 6.59. The predicted octanol–water partition coefficient (Wildman–Crippen LogP) is 3.97. The average Bonchev–Trinajstić information content (AvgIpc) is 3.49. The Hall–Kier alpha value is -1.46. The van der Waals surface area contributed by atoms with Crippen LogP contribution in [0.4, 0.5) is 4.39 Å². The maximum Gasteiger partial charge on any atom is 0.336 e. The number of aryl methyl sites for hydroxylation is 1. The van der Waals surface area contributed by atoms with Gasteiger partial charge in [-0.05, 0) is 80.5 Å². The third-order valence-electron chi connectivity index (χ3n) is 7.04. The molecule has 27 heavy (non-hydrogen) atoms.